The molecule has 0 aliphatic heterocycles. The first-order valence-corrected chi connectivity index (χ1v) is 7.11. The highest BCUT2D eigenvalue weighted by Crippen LogP contribution is 2.34. The van der Waals surface area contributed by atoms with Crippen molar-refractivity contribution in [2.45, 2.75) is 26.2 Å². The summed E-state index contributed by atoms with van der Waals surface area (Å²) in [5.41, 5.74) is 9.13. The van der Waals surface area contributed by atoms with Crippen molar-refractivity contribution in [1.29, 1.82) is 0 Å². The normalized spacial score (nSPS) is 12.7. The van der Waals surface area contributed by atoms with E-state index in [0.717, 1.165) is 21.7 Å². The number of thiophene rings is 1. The van der Waals surface area contributed by atoms with Crippen LogP contribution in [0.4, 0.5) is 5.69 Å². The SMILES string of the molecule is [CH2]c1cccc(/N=C(\N)c2cccs2)c1C(C)(C)C. The summed E-state index contributed by atoms with van der Waals surface area (Å²) in [6, 6.07) is 9.94. The van der Waals surface area contributed by atoms with Crippen molar-refractivity contribution < 1.29 is 0 Å². The number of nitrogens with two attached hydrogens (primary N) is 1. The van der Waals surface area contributed by atoms with Gasteiger partial charge in [0.15, 0.2) is 0 Å². The molecule has 0 aliphatic rings. The van der Waals surface area contributed by atoms with Crippen LogP contribution in [0.5, 0.6) is 0 Å². The molecule has 2 N–H and O–H groups in total. The predicted octanol–water partition coefficient (Wildman–Crippen LogP) is 4.26. The molecular weight excluding hydrogens is 252 g/mol. The zero-order valence-corrected chi connectivity index (χ0v) is 12.4. The van der Waals surface area contributed by atoms with Crippen LogP contribution < -0.4 is 5.73 Å². The van der Waals surface area contributed by atoms with Crippen molar-refractivity contribution in [3.63, 3.8) is 0 Å². The minimum atomic E-state index is -0.00704. The average molecular weight is 271 g/mol. The lowest BCUT2D eigenvalue weighted by atomic mass is 9.83. The maximum Gasteiger partial charge on any atom is 0.141 e. The smallest absolute Gasteiger partial charge is 0.141 e. The molecule has 0 amide bonds. The van der Waals surface area contributed by atoms with Gasteiger partial charge in [-0.1, -0.05) is 39.0 Å². The van der Waals surface area contributed by atoms with E-state index in [1.165, 1.54) is 0 Å². The first kappa shape index (κ1) is 13.8. The standard InChI is InChI=1S/C16H19N2S/c1-11-7-5-8-12(14(11)16(2,3)4)18-15(17)13-9-6-10-19-13/h5-10H,1H2,2-4H3,(H2,17,18). The third-order valence-electron chi connectivity index (χ3n) is 2.89. The zero-order chi connectivity index (χ0) is 14.0. The van der Waals surface area contributed by atoms with Crippen LogP contribution in [0.25, 0.3) is 0 Å². The minimum absolute atomic E-state index is 0.00704. The lowest BCUT2D eigenvalue weighted by molar-refractivity contribution is 0.589. The first-order chi connectivity index (χ1) is 8.89. The molecule has 1 heterocycles. The van der Waals surface area contributed by atoms with Crippen LogP contribution in [-0.2, 0) is 5.41 Å². The molecule has 2 rings (SSSR count). The number of hydrogen-bond acceptors (Lipinski definition) is 2. The van der Waals surface area contributed by atoms with Gasteiger partial charge in [-0.3, -0.25) is 0 Å². The van der Waals surface area contributed by atoms with Crippen LogP contribution in [0.2, 0.25) is 0 Å². The monoisotopic (exact) mass is 271 g/mol. The average Bonchev–Trinajstić information content (AvgIpc) is 2.80. The molecule has 0 saturated carbocycles. The number of hydrogen-bond donors (Lipinski definition) is 1. The van der Waals surface area contributed by atoms with E-state index in [-0.39, 0.29) is 5.41 Å². The molecule has 1 aromatic heterocycles. The van der Waals surface area contributed by atoms with Gasteiger partial charge < -0.3 is 5.73 Å². The van der Waals surface area contributed by atoms with Crippen LogP contribution in [0.3, 0.4) is 0 Å². The van der Waals surface area contributed by atoms with Crippen LogP contribution in [0.15, 0.2) is 40.7 Å². The summed E-state index contributed by atoms with van der Waals surface area (Å²) in [5, 5.41) is 2.00. The Labute approximate surface area is 119 Å². The second-order valence-corrected chi connectivity index (χ2v) is 6.48. The van der Waals surface area contributed by atoms with E-state index in [4.69, 9.17) is 5.73 Å². The van der Waals surface area contributed by atoms with Crippen LogP contribution in [0, 0.1) is 6.92 Å². The summed E-state index contributed by atoms with van der Waals surface area (Å²) in [6.07, 6.45) is 0. The van der Waals surface area contributed by atoms with E-state index in [9.17, 15) is 0 Å². The Morgan fingerprint density at radius 2 is 1.95 bits per heavy atom. The molecule has 2 nitrogen and oxygen atoms in total. The van der Waals surface area contributed by atoms with E-state index in [2.05, 4.69) is 32.7 Å². The van der Waals surface area contributed by atoms with Crippen LogP contribution in [0.1, 0.15) is 36.8 Å². The lowest BCUT2D eigenvalue weighted by Crippen LogP contribution is -2.15. The van der Waals surface area contributed by atoms with Gasteiger partial charge in [-0.15, -0.1) is 11.3 Å². The molecule has 1 radical (unpaired) electrons. The fraction of sp³-hybridized carbons (Fsp3) is 0.250. The number of amidine groups is 1. The summed E-state index contributed by atoms with van der Waals surface area (Å²) in [7, 11) is 0. The Bertz CT molecular complexity index is 590. The van der Waals surface area contributed by atoms with Gasteiger partial charge in [0.1, 0.15) is 5.84 Å². The number of nitrogens with zero attached hydrogens (tertiary/aromatic N) is 1. The molecule has 19 heavy (non-hydrogen) atoms. The maximum atomic E-state index is 6.07. The number of aliphatic imine (C=N–C) groups is 1. The molecule has 0 aliphatic carbocycles. The van der Waals surface area contributed by atoms with Crippen molar-refractivity contribution in [2.75, 3.05) is 0 Å². The van der Waals surface area contributed by atoms with Crippen LogP contribution >= 0.6 is 11.3 Å². The van der Waals surface area contributed by atoms with Crippen molar-refractivity contribution in [2.24, 2.45) is 10.7 Å². The van der Waals surface area contributed by atoms with Gasteiger partial charge in [-0.05, 0) is 41.0 Å². The van der Waals surface area contributed by atoms with E-state index in [1.807, 2.05) is 35.7 Å². The predicted molar refractivity (Wildman–Crippen MR) is 84.3 cm³/mol. The highest BCUT2D eigenvalue weighted by atomic mass is 32.1. The van der Waals surface area contributed by atoms with E-state index < -0.39 is 0 Å². The van der Waals surface area contributed by atoms with Gasteiger partial charge in [-0.2, -0.15) is 0 Å². The fourth-order valence-electron chi connectivity index (χ4n) is 2.15. The van der Waals surface area contributed by atoms with Gasteiger partial charge in [0.25, 0.3) is 0 Å². The van der Waals surface area contributed by atoms with Gasteiger partial charge in [0.2, 0.25) is 0 Å². The molecular formula is C16H19N2S. The van der Waals surface area contributed by atoms with Gasteiger partial charge in [0, 0.05) is 0 Å². The van der Waals surface area contributed by atoms with Gasteiger partial charge in [0.05, 0.1) is 10.6 Å². The van der Waals surface area contributed by atoms with Crippen LogP contribution in [-0.4, -0.2) is 5.84 Å². The summed E-state index contributed by atoms with van der Waals surface area (Å²) in [5.74, 6) is 0.561. The quantitative estimate of drug-likeness (QED) is 0.643. The van der Waals surface area contributed by atoms with E-state index in [0.29, 0.717) is 5.84 Å². The van der Waals surface area contributed by atoms with Crippen molar-refractivity contribution in [1.82, 2.24) is 0 Å². The number of rotatable bonds is 2. The Morgan fingerprint density at radius 1 is 1.21 bits per heavy atom. The van der Waals surface area contributed by atoms with Crippen molar-refractivity contribution in [3.8, 4) is 0 Å². The van der Waals surface area contributed by atoms with E-state index in [1.54, 1.807) is 11.3 Å². The van der Waals surface area contributed by atoms with Crippen molar-refractivity contribution in [3.05, 3.63) is 58.6 Å². The Balaban J connectivity index is 2.52. The largest absolute Gasteiger partial charge is 0.383 e. The highest BCUT2D eigenvalue weighted by molar-refractivity contribution is 7.12. The van der Waals surface area contributed by atoms with Crippen molar-refractivity contribution >= 4 is 22.9 Å². The molecule has 3 heteroatoms. The summed E-state index contributed by atoms with van der Waals surface area (Å²) < 4.78 is 0. The summed E-state index contributed by atoms with van der Waals surface area (Å²) >= 11 is 1.60. The molecule has 0 spiro atoms. The third kappa shape index (κ3) is 3.04. The Kier molecular flexibility index (Phi) is 3.76. The lowest BCUT2D eigenvalue weighted by Gasteiger charge is -2.23. The molecule has 0 atom stereocenters. The van der Waals surface area contributed by atoms with Gasteiger partial charge >= 0.3 is 0 Å². The highest BCUT2D eigenvalue weighted by Gasteiger charge is 2.20. The Morgan fingerprint density at radius 3 is 2.53 bits per heavy atom. The topological polar surface area (TPSA) is 38.4 Å². The summed E-state index contributed by atoms with van der Waals surface area (Å²) in [6.45, 7) is 10.6. The molecule has 0 unspecified atom stereocenters. The fourth-order valence-corrected chi connectivity index (χ4v) is 2.78. The molecule has 2 aromatic rings. The Hall–Kier alpha value is -1.61. The minimum Gasteiger partial charge on any atom is -0.383 e. The molecule has 99 valence electrons. The third-order valence-corrected chi connectivity index (χ3v) is 3.79. The molecule has 0 saturated heterocycles. The van der Waals surface area contributed by atoms with E-state index >= 15 is 0 Å². The molecule has 1 aromatic carbocycles. The first-order valence-electron chi connectivity index (χ1n) is 6.23. The zero-order valence-electron chi connectivity index (χ0n) is 11.6. The number of benzene rings is 1. The maximum absolute atomic E-state index is 6.07. The summed E-state index contributed by atoms with van der Waals surface area (Å²) in [4.78, 5) is 5.59. The second kappa shape index (κ2) is 5.17. The molecule has 0 fully saturated rings. The molecule has 0 bridgehead atoms. The van der Waals surface area contributed by atoms with Gasteiger partial charge in [-0.25, -0.2) is 4.99 Å². The second-order valence-electron chi connectivity index (χ2n) is 5.54.